The van der Waals surface area contributed by atoms with Crippen molar-refractivity contribution in [2.24, 2.45) is 5.73 Å². The van der Waals surface area contributed by atoms with Crippen molar-refractivity contribution in [3.05, 3.63) is 48.0 Å². The number of aromatic nitrogens is 2. The molecule has 0 bridgehead atoms. The number of hydrogen-bond acceptors (Lipinski definition) is 6. The summed E-state index contributed by atoms with van der Waals surface area (Å²) in [6.07, 6.45) is 4.97. The van der Waals surface area contributed by atoms with Gasteiger partial charge in [0, 0.05) is 18.0 Å². The van der Waals surface area contributed by atoms with Gasteiger partial charge >= 0.3 is 5.97 Å². The van der Waals surface area contributed by atoms with E-state index in [0.29, 0.717) is 0 Å². The Morgan fingerprint density at radius 3 is 2.39 bits per heavy atom. The van der Waals surface area contributed by atoms with Gasteiger partial charge in [-0.3, -0.25) is 9.59 Å². The van der Waals surface area contributed by atoms with Crippen LogP contribution in [-0.2, 0) is 19.7 Å². The molecule has 0 unspecified atom stereocenters. The predicted molar refractivity (Wildman–Crippen MR) is 107 cm³/mol. The van der Waals surface area contributed by atoms with E-state index >= 15 is 0 Å². The molecule has 7 nitrogen and oxygen atoms in total. The van der Waals surface area contributed by atoms with Crippen LogP contribution < -0.4 is 11.1 Å². The molecule has 0 spiro atoms. The maximum absolute atomic E-state index is 12.1. The summed E-state index contributed by atoms with van der Waals surface area (Å²) in [7, 11) is 0. The largest absolute Gasteiger partial charge is 0.466 e. The highest BCUT2D eigenvalue weighted by atomic mass is 16.5. The van der Waals surface area contributed by atoms with Gasteiger partial charge in [-0.05, 0) is 35.1 Å². The van der Waals surface area contributed by atoms with Gasteiger partial charge in [0.1, 0.15) is 6.33 Å². The van der Waals surface area contributed by atoms with Crippen LogP contribution in [0.15, 0.2) is 36.9 Å². The van der Waals surface area contributed by atoms with E-state index in [4.69, 9.17) is 10.5 Å². The second kappa shape index (κ2) is 9.41. The van der Waals surface area contributed by atoms with Crippen LogP contribution in [0.25, 0.3) is 11.1 Å². The topological polar surface area (TPSA) is 107 Å². The van der Waals surface area contributed by atoms with Crippen LogP contribution >= 0.6 is 0 Å². The Morgan fingerprint density at radius 2 is 1.82 bits per heavy atom. The van der Waals surface area contributed by atoms with E-state index in [1.807, 2.05) is 12.1 Å². The van der Waals surface area contributed by atoms with E-state index in [1.54, 1.807) is 19.3 Å². The number of esters is 1. The highest BCUT2D eigenvalue weighted by Crippen LogP contribution is 2.32. The lowest BCUT2D eigenvalue weighted by molar-refractivity contribution is -0.143. The number of carbonyl (C=O) groups is 2. The highest BCUT2D eigenvalue weighted by Gasteiger charge is 2.23. The molecule has 1 aromatic carbocycles. The zero-order chi connectivity index (χ0) is 20.7. The normalized spacial score (nSPS) is 12.3. The maximum atomic E-state index is 12.1. The molecule has 1 heterocycles. The smallest absolute Gasteiger partial charge is 0.308 e. The molecule has 0 fully saturated rings. The molecule has 0 aliphatic carbocycles. The Kier molecular flexibility index (Phi) is 7.23. The molecule has 0 aliphatic rings. The van der Waals surface area contributed by atoms with Crippen LogP contribution in [0.2, 0.25) is 0 Å². The number of ether oxygens (including phenoxy) is 1. The molecule has 1 aromatic heterocycles. The number of nitrogens with one attached hydrogen (secondary N) is 1. The maximum Gasteiger partial charge on any atom is 0.308 e. The SMILES string of the molecule is CCOC(=O)C[C@H](NC(=O)CN)c1cc(-c2cncnc2)cc(C(C)(C)C)c1. The third-order valence-corrected chi connectivity index (χ3v) is 4.31. The summed E-state index contributed by atoms with van der Waals surface area (Å²) in [6.45, 7) is 8.20. The third kappa shape index (κ3) is 5.85. The summed E-state index contributed by atoms with van der Waals surface area (Å²) in [4.78, 5) is 32.3. The molecule has 28 heavy (non-hydrogen) atoms. The van der Waals surface area contributed by atoms with Crippen molar-refractivity contribution < 1.29 is 14.3 Å². The second-order valence-electron chi connectivity index (χ2n) is 7.55. The van der Waals surface area contributed by atoms with Crippen LogP contribution in [0.1, 0.15) is 51.3 Å². The monoisotopic (exact) mass is 384 g/mol. The first kappa shape index (κ1) is 21.5. The summed E-state index contributed by atoms with van der Waals surface area (Å²) in [5, 5.41) is 2.83. The molecule has 0 saturated heterocycles. The summed E-state index contributed by atoms with van der Waals surface area (Å²) in [5.41, 5.74) is 8.98. The van der Waals surface area contributed by atoms with Crippen LogP contribution in [0.3, 0.4) is 0 Å². The molecule has 0 radical (unpaired) electrons. The minimum atomic E-state index is -0.541. The van der Waals surface area contributed by atoms with Crippen molar-refractivity contribution in [3.63, 3.8) is 0 Å². The molecule has 1 amide bonds. The van der Waals surface area contributed by atoms with Crippen molar-refractivity contribution >= 4 is 11.9 Å². The third-order valence-electron chi connectivity index (χ3n) is 4.31. The van der Waals surface area contributed by atoms with E-state index < -0.39 is 6.04 Å². The fraction of sp³-hybridized carbons (Fsp3) is 0.429. The average Bonchev–Trinajstić information content (AvgIpc) is 2.67. The molecule has 0 saturated carbocycles. The average molecular weight is 384 g/mol. The lowest BCUT2D eigenvalue weighted by atomic mass is 9.83. The number of carbonyl (C=O) groups excluding carboxylic acids is 2. The summed E-state index contributed by atoms with van der Waals surface area (Å²) >= 11 is 0. The molecular formula is C21H28N4O3. The summed E-state index contributed by atoms with van der Waals surface area (Å²) in [6, 6.07) is 5.48. The second-order valence-corrected chi connectivity index (χ2v) is 7.55. The number of hydrogen-bond donors (Lipinski definition) is 2. The first-order valence-corrected chi connectivity index (χ1v) is 9.30. The van der Waals surface area contributed by atoms with Crippen LogP contribution in [0.5, 0.6) is 0 Å². The predicted octanol–water partition coefficient (Wildman–Crippen LogP) is 2.51. The van der Waals surface area contributed by atoms with Crippen LogP contribution in [-0.4, -0.2) is 35.0 Å². The van der Waals surface area contributed by atoms with Gasteiger partial charge in [-0.1, -0.05) is 32.9 Å². The number of rotatable bonds is 7. The van der Waals surface area contributed by atoms with Gasteiger partial charge in [-0.25, -0.2) is 9.97 Å². The van der Waals surface area contributed by atoms with Crippen molar-refractivity contribution in [1.29, 1.82) is 0 Å². The number of benzene rings is 1. The quantitative estimate of drug-likeness (QED) is 0.710. The fourth-order valence-corrected chi connectivity index (χ4v) is 2.79. The minimum Gasteiger partial charge on any atom is -0.466 e. The van der Waals surface area contributed by atoms with Crippen molar-refractivity contribution in [1.82, 2.24) is 15.3 Å². The zero-order valence-electron chi connectivity index (χ0n) is 16.9. The highest BCUT2D eigenvalue weighted by molar-refractivity contribution is 5.80. The number of nitrogens with two attached hydrogens (primary N) is 1. The van der Waals surface area contributed by atoms with Gasteiger partial charge in [0.2, 0.25) is 5.91 Å². The Labute approximate surface area is 165 Å². The molecule has 7 heteroatoms. The van der Waals surface area contributed by atoms with E-state index in [1.165, 1.54) is 6.33 Å². The van der Waals surface area contributed by atoms with Gasteiger partial charge < -0.3 is 15.8 Å². The number of nitrogens with zero attached hydrogens (tertiary/aromatic N) is 2. The van der Waals surface area contributed by atoms with Gasteiger partial charge in [0.15, 0.2) is 0 Å². The van der Waals surface area contributed by atoms with Gasteiger partial charge in [-0.15, -0.1) is 0 Å². The first-order chi connectivity index (χ1) is 13.2. The van der Waals surface area contributed by atoms with Crippen molar-refractivity contribution in [2.45, 2.75) is 45.6 Å². The standard InChI is InChI=1S/C21H28N4O3/c1-5-28-20(27)9-18(25-19(26)10-22)15-6-14(16-11-23-13-24-12-16)7-17(8-15)21(2,3)4/h6-8,11-13,18H,5,9-10,22H2,1-4H3,(H,25,26)/t18-/m0/s1. The number of amides is 1. The molecule has 1 atom stereocenters. The van der Waals surface area contributed by atoms with Gasteiger partial charge in [-0.2, -0.15) is 0 Å². The van der Waals surface area contributed by atoms with E-state index in [2.05, 4.69) is 42.1 Å². The Balaban J connectivity index is 2.53. The van der Waals surface area contributed by atoms with E-state index in [9.17, 15) is 9.59 Å². The van der Waals surface area contributed by atoms with Crippen LogP contribution in [0, 0.1) is 0 Å². The Morgan fingerprint density at radius 1 is 1.14 bits per heavy atom. The fourth-order valence-electron chi connectivity index (χ4n) is 2.79. The van der Waals surface area contributed by atoms with E-state index in [-0.39, 0.29) is 36.9 Å². The van der Waals surface area contributed by atoms with Crippen molar-refractivity contribution in [2.75, 3.05) is 13.2 Å². The summed E-state index contributed by atoms with van der Waals surface area (Å²) in [5.74, 6) is -0.712. The molecule has 2 rings (SSSR count). The molecular weight excluding hydrogens is 356 g/mol. The van der Waals surface area contributed by atoms with E-state index in [0.717, 1.165) is 22.3 Å². The molecule has 150 valence electrons. The van der Waals surface area contributed by atoms with Gasteiger partial charge in [0.05, 0.1) is 25.6 Å². The molecule has 3 N–H and O–H groups in total. The molecule has 0 aliphatic heterocycles. The zero-order valence-corrected chi connectivity index (χ0v) is 16.9. The Bertz CT molecular complexity index is 816. The minimum absolute atomic E-state index is 0.0257. The Hall–Kier alpha value is -2.80. The van der Waals surface area contributed by atoms with Gasteiger partial charge in [0.25, 0.3) is 0 Å². The first-order valence-electron chi connectivity index (χ1n) is 9.30. The van der Waals surface area contributed by atoms with Crippen LogP contribution in [0.4, 0.5) is 0 Å². The van der Waals surface area contributed by atoms with Crippen molar-refractivity contribution in [3.8, 4) is 11.1 Å². The lowest BCUT2D eigenvalue weighted by Gasteiger charge is -2.25. The summed E-state index contributed by atoms with van der Waals surface area (Å²) < 4.78 is 5.08. The molecule has 2 aromatic rings. The lowest BCUT2D eigenvalue weighted by Crippen LogP contribution is -2.35.